The molecule has 0 unspecified atom stereocenters. The fourth-order valence-corrected chi connectivity index (χ4v) is 3.52. The van der Waals surface area contributed by atoms with Gasteiger partial charge in [0.2, 0.25) is 5.91 Å². The number of methoxy groups -OCH3 is 2. The van der Waals surface area contributed by atoms with Crippen molar-refractivity contribution >= 4 is 23.5 Å². The van der Waals surface area contributed by atoms with Crippen LogP contribution in [0.5, 0.6) is 11.5 Å². The first-order valence-corrected chi connectivity index (χ1v) is 9.78. The Morgan fingerprint density at radius 3 is 2.62 bits per heavy atom. The molecule has 1 heterocycles. The van der Waals surface area contributed by atoms with Crippen molar-refractivity contribution in [3.8, 4) is 11.5 Å². The predicted octanol–water partition coefficient (Wildman–Crippen LogP) is 3.49. The first kappa shape index (κ1) is 21.0. The highest BCUT2D eigenvalue weighted by molar-refractivity contribution is 6.31. The van der Waals surface area contributed by atoms with Crippen molar-refractivity contribution in [2.75, 3.05) is 27.3 Å². The van der Waals surface area contributed by atoms with E-state index in [0.29, 0.717) is 36.0 Å². The maximum Gasteiger partial charge on any atom is 0.311 e. The molecule has 1 amide bonds. The molecule has 0 aromatic heterocycles. The number of benzene rings is 2. The number of hydrogen-bond donors (Lipinski definition) is 0. The van der Waals surface area contributed by atoms with Gasteiger partial charge in [-0.3, -0.25) is 9.59 Å². The number of nitrogens with zero attached hydrogens (tertiary/aromatic N) is 1. The second kappa shape index (κ2) is 9.65. The van der Waals surface area contributed by atoms with E-state index in [4.69, 9.17) is 25.8 Å². The summed E-state index contributed by atoms with van der Waals surface area (Å²) in [5.41, 5.74) is 1.78. The Bertz CT molecular complexity index is 885. The average Bonchev–Trinajstić information content (AvgIpc) is 3.11. The fraction of sp³-hybridized carbons (Fsp3) is 0.364. The van der Waals surface area contributed by atoms with Crippen LogP contribution < -0.4 is 9.47 Å². The molecular formula is C22H24ClNO5. The number of halogens is 1. The molecule has 29 heavy (non-hydrogen) atoms. The van der Waals surface area contributed by atoms with E-state index in [-0.39, 0.29) is 24.9 Å². The van der Waals surface area contributed by atoms with E-state index < -0.39 is 5.92 Å². The average molecular weight is 418 g/mol. The molecule has 0 radical (unpaired) electrons. The van der Waals surface area contributed by atoms with Gasteiger partial charge in [-0.15, -0.1) is 0 Å². The molecule has 2 aromatic rings. The predicted molar refractivity (Wildman–Crippen MR) is 109 cm³/mol. The minimum atomic E-state index is -0.449. The minimum absolute atomic E-state index is 0.0369. The third-order valence-electron chi connectivity index (χ3n) is 4.99. The zero-order valence-electron chi connectivity index (χ0n) is 16.5. The zero-order valence-corrected chi connectivity index (χ0v) is 17.3. The Hall–Kier alpha value is -2.73. The number of hydrogen-bond acceptors (Lipinski definition) is 5. The Morgan fingerprint density at radius 2 is 1.90 bits per heavy atom. The lowest BCUT2D eigenvalue weighted by Gasteiger charge is -2.17. The Labute approximate surface area is 175 Å². The van der Waals surface area contributed by atoms with E-state index in [1.807, 2.05) is 36.4 Å². The molecule has 0 aliphatic carbocycles. The normalized spacial score (nSPS) is 16.0. The lowest BCUT2D eigenvalue weighted by atomic mass is 10.1. The van der Waals surface area contributed by atoms with E-state index in [0.717, 1.165) is 11.1 Å². The minimum Gasteiger partial charge on any atom is -0.493 e. The second-order valence-corrected chi connectivity index (χ2v) is 7.29. The molecule has 0 saturated carbocycles. The first-order chi connectivity index (χ1) is 14.0. The van der Waals surface area contributed by atoms with Crippen molar-refractivity contribution in [2.45, 2.75) is 19.4 Å². The van der Waals surface area contributed by atoms with Crippen LogP contribution in [-0.2, 0) is 27.4 Å². The summed E-state index contributed by atoms with van der Waals surface area (Å²) in [6.45, 7) is 1.00. The van der Waals surface area contributed by atoms with Crippen LogP contribution in [0.2, 0.25) is 5.02 Å². The van der Waals surface area contributed by atoms with Crippen LogP contribution in [0.25, 0.3) is 0 Å². The van der Waals surface area contributed by atoms with E-state index in [2.05, 4.69) is 0 Å². The van der Waals surface area contributed by atoms with Crippen molar-refractivity contribution in [1.82, 2.24) is 4.90 Å². The van der Waals surface area contributed by atoms with Gasteiger partial charge in [0.05, 0.1) is 20.1 Å². The topological polar surface area (TPSA) is 65.1 Å². The van der Waals surface area contributed by atoms with Gasteiger partial charge in [0.15, 0.2) is 11.5 Å². The maximum absolute atomic E-state index is 12.4. The molecule has 6 nitrogen and oxygen atoms in total. The Morgan fingerprint density at radius 1 is 1.14 bits per heavy atom. The number of carbonyl (C=O) groups is 2. The third kappa shape index (κ3) is 5.21. The van der Waals surface area contributed by atoms with Gasteiger partial charge in [-0.05, 0) is 30.2 Å². The van der Waals surface area contributed by atoms with Gasteiger partial charge < -0.3 is 19.1 Å². The van der Waals surface area contributed by atoms with E-state index in [1.165, 1.54) is 0 Å². The highest BCUT2D eigenvalue weighted by atomic mass is 35.5. The molecule has 7 heteroatoms. The van der Waals surface area contributed by atoms with Gasteiger partial charge in [0.25, 0.3) is 0 Å². The molecule has 3 rings (SSSR count). The SMILES string of the molecule is COc1ccc(CCN2C[C@@H](C(=O)OCc3ccccc3Cl)CC2=O)cc1OC. The first-order valence-electron chi connectivity index (χ1n) is 9.40. The van der Waals surface area contributed by atoms with E-state index >= 15 is 0 Å². The summed E-state index contributed by atoms with van der Waals surface area (Å²) in [5.74, 6) is 0.459. The maximum atomic E-state index is 12.4. The molecule has 1 fully saturated rings. The quantitative estimate of drug-likeness (QED) is 0.615. The largest absolute Gasteiger partial charge is 0.493 e. The molecule has 0 N–H and O–H groups in total. The number of ether oxygens (including phenoxy) is 3. The molecule has 1 aliphatic rings. The summed E-state index contributed by atoms with van der Waals surface area (Å²) in [7, 11) is 3.18. The molecule has 0 spiro atoms. The van der Waals surface area contributed by atoms with Crippen molar-refractivity contribution in [1.29, 1.82) is 0 Å². The van der Waals surface area contributed by atoms with Crippen molar-refractivity contribution in [3.05, 3.63) is 58.6 Å². The monoisotopic (exact) mass is 417 g/mol. The zero-order chi connectivity index (χ0) is 20.8. The standard InChI is InChI=1S/C22H24ClNO5/c1-27-19-8-7-15(11-20(19)28-2)9-10-24-13-17(12-21(24)25)22(26)29-14-16-5-3-4-6-18(16)23/h3-8,11,17H,9-10,12-14H2,1-2H3/t17-/m0/s1. The van der Waals surface area contributed by atoms with Gasteiger partial charge >= 0.3 is 5.97 Å². The van der Waals surface area contributed by atoms with Crippen LogP contribution in [0, 0.1) is 5.92 Å². The summed E-state index contributed by atoms with van der Waals surface area (Å²) in [5, 5.41) is 0.555. The van der Waals surface area contributed by atoms with E-state index in [9.17, 15) is 9.59 Å². The number of likely N-dealkylation sites (tertiary alicyclic amines) is 1. The molecule has 1 saturated heterocycles. The summed E-state index contributed by atoms with van der Waals surface area (Å²) in [4.78, 5) is 26.4. The Balaban J connectivity index is 1.52. The molecule has 154 valence electrons. The van der Waals surface area contributed by atoms with Gasteiger partial charge in [0, 0.05) is 30.1 Å². The van der Waals surface area contributed by atoms with E-state index in [1.54, 1.807) is 25.2 Å². The second-order valence-electron chi connectivity index (χ2n) is 6.88. The van der Waals surface area contributed by atoms with Gasteiger partial charge in [0.1, 0.15) is 6.61 Å². The fourth-order valence-electron chi connectivity index (χ4n) is 3.33. The van der Waals surface area contributed by atoms with Gasteiger partial charge in [-0.1, -0.05) is 35.9 Å². The van der Waals surface area contributed by atoms with Crippen LogP contribution in [0.1, 0.15) is 17.5 Å². The summed E-state index contributed by atoms with van der Waals surface area (Å²) < 4.78 is 15.9. The molecule has 2 aromatic carbocycles. The van der Waals surface area contributed by atoms with Crippen molar-refractivity contribution in [3.63, 3.8) is 0 Å². The lowest BCUT2D eigenvalue weighted by molar-refractivity contribution is -0.149. The number of amides is 1. The number of carbonyl (C=O) groups excluding carboxylic acids is 2. The van der Waals surface area contributed by atoms with Crippen LogP contribution in [0.3, 0.4) is 0 Å². The highest BCUT2D eigenvalue weighted by Gasteiger charge is 2.35. The van der Waals surface area contributed by atoms with Crippen LogP contribution in [0.15, 0.2) is 42.5 Å². The highest BCUT2D eigenvalue weighted by Crippen LogP contribution is 2.28. The molecule has 1 aliphatic heterocycles. The van der Waals surface area contributed by atoms with Gasteiger partial charge in [-0.25, -0.2) is 0 Å². The van der Waals surface area contributed by atoms with Crippen LogP contribution >= 0.6 is 11.6 Å². The number of esters is 1. The molecule has 1 atom stereocenters. The third-order valence-corrected chi connectivity index (χ3v) is 5.36. The molecular weight excluding hydrogens is 394 g/mol. The van der Waals surface area contributed by atoms with Gasteiger partial charge in [-0.2, -0.15) is 0 Å². The van der Waals surface area contributed by atoms with Crippen LogP contribution in [-0.4, -0.2) is 44.1 Å². The number of rotatable bonds is 8. The summed E-state index contributed by atoms with van der Waals surface area (Å²) in [6, 6.07) is 12.9. The van der Waals surface area contributed by atoms with Crippen LogP contribution in [0.4, 0.5) is 0 Å². The lowest BCUT2D eigenvalue weighted by Crippen LogP contribution is -2.28. The smallest absolute Gasteiger partial charge is 0.311 e. The summed E-state index contributed by atoms with van der Waals surface area (Å²) in [6.07, 6.45) is 0.834. The van der Waals surface area contributed by atoms with Crippen molar-refractivity contribution in [2.24, 2.45) is 5.92 Å². The van der Waals surface area contributed by atoms with Crippen molar-refractivity contribution < 1.29 is 23.8 Å². The molecule has 0 bridgehead atoms. The Kier molecular flexibility index (Phi) is 6.99. The summed E-state index contributed by atoms with van der Waals surface area (Å²) >= 11 is 6.08.